The number of ketones is 4. The fourth-order valence-corrected chi connectivity index (χ4v) is 15.9. The summed E-state index contributed by atoms with van der Waals surface area (Å²) in [7, 11) is 0. The Morgan fingerprint density at radius 3 is 1.43 bits per heavy atom. The number of hydrogen-bond acceptors (Lipinski definition) is 14. The number of benzene rings is 7. The maximum Gasteiger partial charge on any atom is 0.435 e. The number of carbonyl (C=O) groups is 4. The lowest BCUT2D eigenvalue weighted by molar-refractivity contribution is -0.143. The molecule has 2 aliphatic rings. The van der Waals surface area contributed by atoms with Crippen LogP contribution >= 0.6 is 0 Å². The minimum Gasteiger partial charge on any atom is -0.399 e. The molecular weight excluding hydrogens is 1630 g/mol. The molecule has 13 aromatic rings. The molecule has 15 rings (SSSR count). The molecule has 6 N–H and O–H groups in total. The maximum atomic E-state index is 14.4. The molecule has 31 heteroatoms. The Balaban J connectivity index is 0.000000161. The molecular formula is C93H78F14N12O5. The van der Waals surface area contributed by atoms with Crippen LogP contribution in [0.5, 0.6) is 0 Å². The zero-order chi connectivity index (χ0) is 88.6. The molecule has 0 radical (unpaired) electrons. The summed E-state index contributed by atoms with van der Waals surface area (Å²) in [6.07, 6.45) is -4.78. The highest BCUT2D eigenvalue weighted by atomic mass is 19.4. The topological polar surface area (TPSA) is 256 Å². The van der Waals surface area contributed by atoms with Crippen molar-refractivity contribution in [2.75, 3.05) is 0 Å². The number of aliphatic hydroxyl groups is 1. The van der Waals surface area contributed by atoms with Crippen molar-refractivity contribution in [2.45, 2.75) is 140 Å². The first kappa shape index (κ1) is 88.3. The smallest absolute Gasteiger partial charge is 0.399 e. The van der Waals surface area contributed by atoms with Crippen molar-refractivity contribution in [3.63, 3.8) is 0 Å². The third kappa shape index (κ3) is 21.5. The van der Waals surface area contributed by atoms with Crippen molar-refractivity contribution in [1.82, 2.24) is 49.7 Å². The van der Waals surface area contributed by atoms with E-state index < -0.39 is 125 Å². The summed E-state index contributed by atoms with van der Waals surface area (Å²) in [6.45, 7) is 8.18. The van der Waals surface area contributed by atoms with Crippen molar-refractivity contribution < 1.29 is 85.8 Å². The number of aryl methyl sites for hydroxylation is 1. The fourth-order valence-electron chi connectivity index (χ4n) is 15.9. The highest BCUT2D eigenvalue weighted by molar-refractivity contribution is 5.89. The number of aromatic nitrogens is 10. The average molecular weight is 1710 g/mol. The molecule has 0 saturated heterocycles. The normalized spacial score (nSPS) is 14.0. The van der Waals surface area contributed by atoms with Crippen molar-refractivity contribution >= 4 is 45.4 Å². The quantitative estimate of drug-likeness (QED) is 0.0368. The van der Waals surface area contributed by atoms with Crippen LogP contribution in [0.3, 0.4) is 0 Å². The molecule has 4 atom stereocenters. The van der Waals surface area contributed by atoms with Gasteiger partial charge in [0, 0.05) is 173 Å². The molecule has 0 spiro atoms. The van der Waals surface area contributed by atoms with Crippen LogP contribution in [0.4, 0.5) is 61.5 Å². The van der Waals surface area contributed by atoms with Crippen molar-refractivity contribution in [3.05, 3.63) is 338 Å². The Bertz CT molecular complexity index is 6160. The highest BCUT2D eigenvalue weighted by Gasteiger charge is 2.43. The number of rotatable bonds is 26. The molecule has 6 heterocycles. The molecule has 0 fully saturated rings. The number of halogens is 14. The molecule has 7 aromatic carbocycles. The van der Waals surface area contributed by atoms with Crippen molar-refractivity contribution in [1.29, 1.82) is 0 Å². The van der Waals surface area contributed by atoms with Gasteiger partial charge in [-0.25, -0.2) is 35.1 Å². The van der Waals surface area contributed by atoms with Crippen LogP contribution in [0.1, 0.15) is 140 Å². The van der Waals surface area contributed by atoms with Crippen molar-refractivity contribution in [3.8, 4) is 33.5 Å². The number of nitrogens with one attached hydrogen (secondary N) is 1. The maximum absolute atomic E-state index is 14.4. The Labute approximate surface area is 700 Å². The van der Waals surface area contributed by atoms with Gasteiger partial charge in [0.2, 0.25) is 0 Å². The van der Waals surface area contributed by atoms with Gasteiger partial charge >= 0.3 is 12.4 Å². The lowest BCUT2D eigenvalue weighted by atomic mass is 9.86. The SMILES string of the molecule is C=C(N)c1cc(-c2cccnc2[C@@H](CC(=O)Cn2nc(C(F)(F)F)c3c2CCC(=O)C3)Cc2cc(F)cc(F)c2)ccc1F.C=C(N)c1cc(-c2cccnc2[C@@H](CC(=O)Cn2nc(C(F)(F)F)c3c2CCC(O)C3)Cc2cc(F)cc(F)c2)ccc1F.Cc1ccc(-c2nccnc2C(CC(=O)Cc2[nH]nc3ccccc23)Cc2cc(F)cc(F)c2)cc1. The number of nitrogens with two attached hydrogens (primary N) is 2. The fraction of sp³-hybridized carbons (Fsp3) is 0.237. The first-order valence-corrected chi connectivity index (χ1v) is 39.2. The number of alkyl halides is 6. The minimum atomic E-state index is -4.81. The number of Topliss-reactive ketones (excluding diaryl/α,β-unsaturated/α-hetero) is 4. The zero-order valence-corrected chi connectivity index (χ0v) is 66.3. The second-order valence-electron chi connectivity index (χ2n) is 30.6. The third-order valence-electron chi connectivity index (χ3n) is 21.4. The Hall–Kier alpha value is -13.5. The van der Waals surface area contributed by atoms with E-state index in [0.29, 0.717) is 62.7 Å². The zero-order valence-electron chi connectivity index (χ0n) is 66.3. The summed E-state index contributed by atoms with van der Waals surface area (Å²) in [5, 5.41) is 25.5. The van der Waals surface area contributed by atoms with E-state index in [1.54, 1.807) is 36.7 Å². The first-order valence-electron chi connectivity index (χ1n) is 39.2. The van der Waals surface area contributed by atoms with Crippen LogP contribution in [0.15, 0.2) is 202 Å². The van der Waals surface area contributed by atoms with Gasteiger partial charge in [-0.1, -0.05) is 85.5 Å². The first-order chi connectivity index (χ1) is 59.0. The average Bonchev–Trinajstić information content (AvgIpc) is 1.62. The number of para-hydroxylation sites is 1. The third-order valence-corrected chi connectivity index (χ3v) is 21.4. The van der Waals surface area contributed by atoms with Gasteiger partial charge in [0.25, 0.3) is 0 Å². The van der Waals surface area contributed by atoms with Gasteiger partial charge in [-0.3, -0.25) is 53.6 Å². The summed E-state index contributed by atoms with van der Waals surface area (Å²) in [4.78, 5) is 70.4. The molecule has 6 aromatic heterocycles. The van der Waals surface area contributed by atoms with E-state index in [9.17, 15) is 85.8 Å². The number of hydrogen-bond donors (Lipinski definition) is 4. The number of pyridine rings is 2. The van der Waals surface area contributed by atoms with Gasteiger partial charge < -0.3 is 16.6 Å². The van der Waals surface area contributed by atoms with Gasteiger partial charge in [0.1, 0.15) is 58.1 Å². The number of aromatic amines is 1. The van der Waals surface area contributed by atoms with E-state index in [1.165, 1.54) is 60.9 Å². The van der Waals surface area contributed by atoms with E-state index in [0.717, 1.165) is 67.4 Å². The van der Waals surface area contributed by atoms with E-state index in [-0.39, 0.29) is 145 Å². The summed E-state index contributed by atoms with van der Waals surface area (Å²) in [6, 6.07) is 39.8. The Kier molecular flexibility index (Phi) is 27.0. The molecule has 0 aliphatic heterocycles. The molecule has 124 heavy (non-hydrogen) atoms. The predicted molar refractivity (Wildman–Crippen MR) is 435 cm³/mol. The minimum absolute atomic E-state index is 0.00921. The van der Waals surface area contributed by atoms with E-state index in [4.69, 9.17) is 11.5 Å². The van der Waals surface area contributed by atoms with E-state index >= 15 is 0 Å². The lowest BCUT2D eigenvalue weighted by Crippen LogP contribution is -2.23. The molecule has 17 nitrogen and oxygen atoms in total. The molecule has 0 bridgehead atoms. The Morgan fingerprint density at radius 2 is 0.944 bits per heavy atom. The lowest BCUT2D eigenvalue weighted by Gasteiger charge is -2.21. The predicted octanol–water partition coefficient (Wildman–Crippen LogP) is 18.6. The van der Waals surface area contributed by atoms with E-state index in [1.807, 2.05) is 55.5 Å². The number of nitrogens with zero attached hydrogens (tertiary/aromatic N) is 9. The summed E-state index contributed by atoms with van der Waals surface area (Å²) in [5.41, 5.74) is 17.7. The van der Waals surface area contributed by atoms with Crippen LogP contribution in [-0.2, 0) is 96.0 Å². The van der Waals surface area contributed by atoms with Crippen LogP contribution in [-0.4, -0.2) is 84.0 Å². The molecule has 2 aliphatic carbocycles. The van der Waals surface area contributed by atoms with Crippen LogP contribution in [0.2, 0.25) is 0 Å². The summed E-state index contributed by atoms with van der Waals surface area (Å²) < 4.78 is 198. The summed E-state index contributed by atoms with van der Waals surface area (Å²) >= 11 is 0. The molecule has 2 unspecified atom stereocenters. The summed E-state index contributed by atoms with van der Waals surface area (Å²) in [5.74, 6) is -9.21. The van der Waals surface area contributed by atoms with Gasteiger partial charge in [-0.15, -0.1) is 0 Å². The van der Waals surface area contributed by atoms with Gasteiger partial charge in [0.05, 0.1) is 53.2 Å². The van der Waals surface area contributed by atoms with Gasteiger partial charge in [0.15, 0.2) is 23.0 Å². The Morgan fingerprint density at radius 1 is 0.508 bits per heavy atom. The second kappa shape index (κ2) is 37.9. The van der Waals surface area contributed by atoms with E-state index in [2.05, 4.69) is 53.5 Å². The monoisotopic (exact) mass is 1710 g/mol. The molecule has 638 valence electrons. The molecule has 0 amide bonds. The standard InChI is InChI=1S/C32H28F6N4O2.C32H26F6N4O2.C29H24F2N4O/c2*1-17(39)26-13-19(4-6-28(26)35)25-3-2-8-40-30(25)20(9-18-10-21(33)14-22(34)11-18)12-24(44)16-42-29-7-5-23(43)15-27(29)31(41-42)32(36,37)38;1-18-6-8-20(9-7-18)28-29(33-11-10-32-28)21(12-19-13-22(30)16-23(31)14-19)15-24(36)17-27-25-4-2-3-5-26(25)34-35-27/h2-4,6,8,10-11,13-14,20,23,43H,1,5,7,9,12,15-16,39H2;2-4,6,8,10-11,13-14,20H,1,5,7,9,12,15-16,39H2;2-11,13-14,16,21H,12,15,17H2,1H3,(H,34,35)/t20-,23?;20-;/m11./s1. The highest BCUT2D eigenvalue weighted by Crippen LogP contribution is 2.42. The number of fused-ring (bicyclic) bond motifs is 3. The molecule has 0 saturated carbocycles. The van der Waals surface area contributed by atoms with Gasteiger partial charge in [-0.05, 0) is 152 Å². The van der Waals surface area contributed by atoms with Gasteiger partial charge in [-0.2, -0.15) is 41.6 Å². The number of aliphatic hydroxyl groups excluding tert-OH is 1. The number of carbonyl (C=O) groups excluding carboxylic acids is 4. The number of H-pyrrole nitrogens is 1. The van der Waals surface area contributed by atoms with Crippen LogP contribution in [0, 0.1) is 53.5 Å². The second-order valence-corrected chi connectivity index (χ2v) is 30.6. The van der Waals surface area contributed by atoms with Crippen molar-refractivity contribution in [2.24, 2.45) is 11.5 Å². The van der Waals surface area contributed by atoms with Crippen LogP contribution in [0.25, 0.3) is 55.8 Å². The van der Waals surface area contributed by atoms with Crippen LogP contribution < -0.4 is 11.5 Å². The largest absolute Gasteiger partial charge is 0.435 e.